The lowest BCUT2D eigenvalue weighted by atomic mass is 10.6. The Hall–Kier alpha value is -0.450. The van der Waals surface area contributed by atoms with E-state index in [-0.39, 0.29) is 0 Å². The van der Waals surface area contributed by atoms with E-state index in [1.165, 1.54) is 0 Å². The van der Waals surface area contributed by atoms with Crippen LogP contribution in [-0.2, 0) is 13.9 Å². The number of carboxylic acids is 1. The normalized spacial score (nSPS) is 12.8. The highest BCUT2D eigenvalue weighted by molar-refractivity contribution is 7.38. The first-order valence-electron chi connectivity index (χ1n) is 3.13. The Kier molecular flexibility index (Phi) is 5.86. The zero-order chi connectivity index (χ0) is 10.4. The lowest BCUT2D eigenvalue weighted by molar-refractivity contribution is -0.137. The molecule has 0 aromatic heterocycles. The van der Waals surface area contributed by atoms with Gasteiger partial charge in [-0.3, -0.25) is 4.79 Å². The van der Waals surface area contributed by atoms with Crippen molar-refractivity contribution in [2.24, 2.45) is 0 Å². The molecule has 0 saturated carbocycles. The molecular weight excluding hydrogens is 220 g/mol. The van der Waals surface area contributed by atoms with E-state index in [1.54, 1.807) is 0 Å². The quantitative estimate of drug-likeness (QED) is 0.538. The third-order valence-corrected chi connectivity index (χ3v) is 2.28. The SMILES string of the molecule is O=C(O)CN(C[P+](=O)O)C[P+](=O)O. The van der Waals surface area contributed by atoms with Gasteiger partial charge in [0.05, 0.1) is 0 Å². The van der Waals surface area contributed by atoms with E-state index in [4.69, 9.17) is 14.9 Å². The van der Waals surface area contributed by atoms with Crippen LogP contribution in [0.25, 0.3) is 0 Å². The molecule has 13 heavy (non-hydrogen) atoms. The molecule has 74 valence electrons. The predicted molar refractivity (Wildman–Crippen MR) is 43.7 cm³/mol. The molecule has 0 radical (unpaired) electrons. The van der Waals surface area contributed by atoms with Gasteiger partial charge in [-0.15, -0.1) is 0 Å². The summed E-state index contributed by atoms with van der Waals surface area (Å²) < 4.78 is 20.6. The monoisotopic (exact) mass is 229 g/mol. The van der Waals surface area contributed by atoms with Crippen LogP contribution in [-0.4, -0.2) is 44.9 Å². The second kappa shape index (κ2) is 6.07. The first kappa shape index (κ1) is 12.6. The van der Waals surface area contributed by atoms with E-state index in [2.05, 4.69) is 0 Å². The fourth-order valence-corrected chi connectivity index (χ4v) is 1.92. The second-order valence-corrected chi connectivity index (χ2v) is 4.18. The molecule has 7 nitrogen and oxygen atoms in total. The predicted octanol–water partition coefficient (Wildman–Crippen LogP) is -0.243. The average Bonchev–Trinajstić information content (AvgIpc) is 1.80. The Morgan fingerprint density at radius 3 is 1.77 bits per heavy atom. The maximum absolute atomic E-state index is 10.3. The van der Waals surface area contributed by atoms with E-state index < -0.39 is 41.1 Å². The zero-order valence-electron chi connectivity index (χ0n) is 6.53. The fourth-order valence-electron chi connectivity index (χ4n) is 0.678. The number of aliphatic carboxylic acids is 1. The number of rotatable bonds is 6. The van der Waals surface area contributed by atoms with Gasteiger partial charge in [0, 0.05) is 0 Å². The summed E-state index contributed by atoms with van der Waals surface area (Å²) >= 11 is 0. The molecule has 0 fully saturated rings. The summed E-state index contributed by atoms with van der Waals surface area (Å²) in [5.41, 5.74) is 0. The van der Waals surface area contributed by atoms with Crippen molar-refractivity contribution in [1.82, 2.24) is 4.90 Å². The van der Waals surface area contributed by atoms with Crippen molar-refractivity contribution in [3.8, 4) is 0 Å². The molecule has 0 heterocycles. The third kappa shape index (κ3) is 7.90. The van der Waals surface area contributed by atoms with Gasteiger partial charge in [-0.25, -0.2) is 4.90 Å². The lowest BCUT2D eigenvalue weighted by Gasteiger charge is -2.05. The number of carbonyl (C=O) groups is 1. The van der Waals surface area contributed by atoms with Crippen molar-refractivity contribution in [1.29, 1.82) is 0 Å². The van der Waals surface area contributed by atoms with Crippen LogP contribution >= 0.6 is 16.1 Å². The van der Waals surface area contributed by atoms with E-state index in [1.807, 2.05) is 0 Å². The largest absolute Gasteiger partial charge is 0.521 e. The molecule has 0 aliphatic heterocycles. The van der Waals surface area contributed by atoms with Crippen molar-refractivity contribution in [2.75, 3.05) is 19.1 Å². The van der Waals surface area contributed by atoms with Crippen LogP contribution in [0.1, 0.15) is 0 Å². The van der Waals surface area contributed by atoms with Gasteiger partial charge in [-0.05, 0) is 9.13 Å². The molecule has 0 aromatic carbocycles. The Morgan fingerprint density at radius 2 is 1.54 bits per heavy atom. The van der Waals surface area contributed by atoms with Gasteiger partial charge in [-0.2, -0.15) is 9.79 Å². The van der Waals surface area contributed by atoms with E-state index >= 15 is 0 Å². The zero-order valence-corrected chi connectivity index (χ0v) is 8.32. The van der Waals surface area contributed by atoms with Crippen LogP contribution in [0.2, 0.25) is 0 Å². The molecule has 0 bridgehead atoms. The van der Waals surface area contributed by atoms with Crippen molar-refractivity contribution in [3.63, 3.8) is 0 Å². The smallest absolute Gasteiger partial charge is 0.480 e. The number of nitrogens with zero attached hydrogens (tertiary/aromatic N) is 1. The maximum atomic E-state index is 10.3. The topological polar surface area (TPSA) is 115 Å². The van der Waals surface area contributed by atoms with E-state index in [9.17, 15) is 13.9 Å². The van der Waals surface area contributed by atoms with Gasteiger partial charge in [0.2, 0.25) is 12.6 Å². The highest BCUT2D eigenvalue weighted by Crippen LogP contribution is 2.20. The number of hydrogen-bond acceptors (Lipinski definition) is 4. The molecule has 0 spiro atoms. The van der Waals surface area contributed by atoms with Crippen LogP contribution in [0.15, 0.2) is 0 Å². The standard InChI is InChI=1S/C4H7NO6P2/c6-4(7)1-5(2-12(8)9)3-13(10)11/h1-3H2,(H-2,6,7,8,9,10,11)/p+2. The second-order valence-electron chi connectivity index (χ2n) is 2.21. The van der Waals surface area contributed by atoms with Gasteiger partial charge in [0.15, 0.2) is 0 Å². The Bertz CT molecular complexity index is 193. The third-order valence-electron chi connectivity index (χ3n) is 1.00. The van der Waals surface area contributed by atoms with Gasteiger partial charge in [-0.1, -0.05) is 0 Å². The van der Waals surface area contributed by atoms with Crippen molar-refractivity contribution in [2.45, 2.75) is 0 Å². The van der Waals surface area contributed by atoms with Crippen molar-refractivity contribution < 1.29 is 28.8 Å². The number of hydrogen-bond donors (Lipinski definition) is 3. The number of carboxylic acid groups (broad SMARTS) is 1. The van der Waals surface area contributed by atoms with Crippen LogP contribution in [0.4, 0.5) is 0 Å². The van der Waals surface area contributed by atoms with Gasteiger partial charge in [0.25, 0.3) is 0 Å². The van der Waals surface area contributed by atoms with Crippen LogP contribution in [0.3, 0.4) is 0 Å². The molecule has 0 rings (SSSR count). The first-order valence-corrected chi connectivity index (χ1v) is 5.92. The fraction of sp³-hybridized carbons (Fsp3) is 0.750. The Morgan fingerprint density at radius 1 is 1.15 bits per heavy atom. The highest BCUT2D eigenvalue weighted by Gasteiger charge is 2.27. The first-order chi connectivity index (χ1) is 5.91. The molecule has 0 aliphatic rings. The summed E-state index contributed by atoms with van der Waals surface area (Å²) in [6.45, 7) is -0.525. The van der Waals surface area contributed by atoms with Gasteiger partial charge >= 0.3 is 22.0 Å². The molecule has 0 saturated heterocycles. The molecular formula is C4H9NO6P2+2. The van der Waals surface area contributed by atoms with Gasteiger partial charge < -0.3 is 5.11 Å². The molecule has 3 N–H and O–H groups in total. The summed E-state index contributed by atoms with van der Waals surface area (Å²) in [4.78, 5) is 28.0. The minimum atomic E-state index is -2.53. The molecule has 0 aliphatic carbocycles. The minimum absolute atomic E-state index is 0.413. The summed E-state index contributed by atoms with van der Waals surface area (Å²) in [6, 6.07) is 0. The van der Waals surface area contributed by atoms with Crippen molar-refractivity contribution in [3.05, 3.63) is 0 Å². The highest BCUT2D eigenvalue weighted by atomic mass is 31.1. The van der Waals surface area contributed by atoms with Crippen LogP contribution in [0, 0.1) is 0 Å². The molecule has 2 unspecified atom stereocenters. The average molecular weight is 229 g/mol. The minimum Gasteiger partial charge on any atom is -0.480 e. The summed E-state index contributed by atoms with van der Waals surface area (Å²) in [6.07, 6.45) is -0.827. The summed E-state index contributed by atoms with van der Waals surface area (Å²) in [7, 11) is -5.06. The maximum Gasteiger partial charge on any atom is 0.521 e. The lowest BCUT2D eigenvalue weighted by Crippen LogP contribution is -2.29. The molecule has 2 atom stereocenters. The summed E-state index contributed by atoms with van der Waals surface area (Å²) in [5.74, 6) is -1.21. The molecule has 9 heteroatoms. The van der Waals surface area contributed by atoms with Crippen molar-refractivity contribution >= 4 is 22.0 Å². The molecule has 0 amide bonds. The van der Waals surface area contributed by atoms with Crippen LogP contribution in [0.5, 0.6) is 0 Å². The van der Waals surface area contributed by atoms with Crippen LogP contribution < -0.4 is 0 Å². The Balaban J connectivity index is 4.10. The molecule has 0 aromatic rings. The summed E-state index contributed by atoms with van der Waals surface area (Å²) in [5, 5.41) is 8.32. The van der Waals surface area contributed by atoms with E-state index in [0.717, 1.165) is 4.90 Å². The van der Waals surface area contributed by atoms with Gasteiger partial charge in [0.1, 0.15) is 6.54 Å². The van der Waals surface area contributed by atoms with E-state index in [0.29, 0.717) is 0 Å². The Labute approximate surface area is 75.7 Å².